The first kappa shape index (κ1) is 24.1. The Bertz CT molecular complexity index is 1040. The third kappa shape index (κ3) is 6.03. The quantitative estimate of drug-likeness (QED) is 0.172. The summed E-state index contributed by atoms with van der Waals surface area (Å²) in [7, 11) is 0. The van der Waals surface area contributed by atoms with Crippen LogP contribution in [0.15, 0.2) is 59.7 Å². The third-order valence-electron chi connectivity index (χ3n) is 5.72. The molecular weight excluding hydrogens is 513 g/mol. The summed E-state index contributed by atoms with van der Waals surface area (Å²) in [6.45, 7) is 5.77. The summed E-state index contributed by atoms with van der Waals surface area (Å²) in [5.41, 5.74) is 5.01. The number of rotatable bonds is 8. The maximum Gasteiger partial charge on any atom is 0.223 e. The highest BCUT2D eigenvalue weighted by molar-refractivity contribution is 14.0. The number of hydrogen-bond acceptors (Lipinski definition) is 2. The zero-order valence-corrected chi connectivity index (χ0v) is 20.9. The molecule has 0 bridgehead atoms. The van der Waals surface area contributed by atoms with Gasteiger partial charge in [-0.25, -0.2) is 0 Å². The van der Waals surface area contributed by atoms with Crippen molar-refractivity contribution in [3.8, 4) is 0 Å². The van der Waals surface area contributed by atoms with Gasteiger partial charge in [-0.05, 0) is 42.5 Å². The largest absolute Gasteiger partial charge is 0.361 e. The average molecular weight is 545 g/mol. The van der Waals surface area contributed by atoms with Gasteiger partial charge in [0.05, 0.1) is 0 Å². The number of aliphatic imine (C=N–C) groups is 1. The van der Waals surface area contributed by atoms with Gasteiger partial charge >= 0.3 is 0 Å². The molecule has 0 spiro atoms. The summed E-state index contributed by atoms with van der Waals surface area (Å²) in [5.74, 6) is 1.02. The summed E-state index contributed by atoms with van der Waals surface area (Å²) >= 11 is 0. The van der Waals surface area contributed by atoms with Crippen LogP contribution in [0.1, 0.15) is 36.5 Å². The lowest BCUT2D eigenvalue weighted by atomic mass is 10.1. The second-order valence-electron chi connectivity index (χ2n) is 7.92. The standard InChI is InChI=1S/C25H31N5O.HI/c1-2-26-25(28-15-13-19-16-29-23-11-6-5-10-22(19)23)27-14-7-12-24(31)30-17-20-8-3-4-9-21(20)18-30;/h3-6,8-11,16,29H,2,7,12-15,17-18H2,1H3,(H2,26,27,28);1H. The number of nitrogens with one attached hydrogen (secondary N) is 3. The van der Waals surface area contributed by atoms with Crippen LogP contribution in [0.25, 0.3) is 10.9 Å². The molecule has 2 heterocycles. The van der Waals surface area contributed by atoms with Crippen LogP contribution in [0.2, 0.25) is 0 Å². The Kier molecular flexibility index (Phi) is 8.96. The summed E-state index contributed by atoms with van der Waals surface area (Å²) in [5, 5.41) is 7.97. The molecule has 0 fully saturated rings. The Hall–Kier alpha value is -2.55. The predicted molar refractivity (Wildman–Crippen MR) is 141 cm³/mol. The lowest BCUT2D eigenvalue weighted by Crippen LogP contribution is -2.38. The Morgan fingerprint density at radius 1 is 1.06 bits per heavy atom. The second kappa shape index (κ2) is 11.9. The van der Waals surface area contributed by atoms with Gasteiger partial charge in [0.1, 0.15) is 0 Å². The van der Waals surface area contributed by atoms with Crippen molar-refractivity contribution in [3.63, 3.8) is 0 Å². The van der Waals surface area contributed by atoms with Gasteiger partial charge in [-0.15, -0.1) is 24.0 Å². The Balaban J connectivity index is 0.00000289. The fourth-order valence-corrected chi connectivity index (χ4v) is 4.08. The molecule has 0 atom stereocenters. The van der Waals surface area contributed by atoms with Gasteiger partial charge in [0.2, 0.25) is 5.91 Å². The van der Waals surface area contributed by atoms with E-state index in [2.05, 4.69) is 64.1 Å². The predicted octanol–water partition coefficient (Wildman–Crippen LogP) is 4.21. The molecule has 0 unspecified atom stereocenters. The number of benzene rings is 2. The minimum atomic E-state index is 0. The van der Waals surface area contributed by atoms with Crippen molar-refractivity contribution in [2.75, 3.05) is 19.6 Å². The van der Waals surface area contributed by atoms with Crippen LogP contribution in [-0.4, -0.2) is 41.4 Å². The highest BCUT2D eigenvalue weighted by Gasteiger charge is 2.22. The third-order valence-corrected chi connectivity index (χ3v) is 5.72. The lowest BCUT2D eigenvalue weighted by Gasteiger charge is -2.15. The number of para-hydroxylation sites is 1. The van der Waals surface area contributed by atoms with Crippen molar-refractivity contribution >= 4 is 46.7 Å². The average Bonchev–Trinajstić information content (AvgIpc) is 3.41. The Morgan fingerprint density at radius 3 is 2.53 bits per heavy atom. The number of H-pyrrole nitrogens is 1. The van der Waals surface area contributed by atoms with Crippen molar-refractivity contribution in [1.29, 1.82) is 0 Å². The van der Waals surface area contributed by atoms with Gasteiger partial charge in [-0.3, -0.25) is 9.79 Å². The SMILES string of the molecule is CCNC(=NCCCC(=O)N1Cc2ccccc2C1)NCCc1c[nH]c2ccccc12.I. The monoisotopic (exact) mass is 545 g/mol. The van der Waals surface area contributed by atoms with E-state index in [1.807, 2.05) is 23.1 Å². The number of carbonyl (C=O) groups is 1. The van der Waals surface area contributed by atoms with Crippen LogP contribution in [0.5, 0.6) is 0 Å². The molecule has 0 radical (unpaired) electrons. The molecule has 1 aliphatic rings. The number of amides is 1. The Morgan fingerprint density at radius 2 is 1.78 bits per heavy atom. The molecule has 0 saturated carbocycles. The number of fused-ring (bicyclic) bond motifs is 2. The maximum atomic E-state index is 12.5. The minimum Gasteiger partial charge on any atom is -0.361 e. The van der Waals surface area contributed by atoms with Gasteiger partial charge in [0.15, 0.2) is 5.96 Å². The number of aromatic nitrogens is 1. The van der Waals surface area contributed by atoms with Crippen molar-refractivity contribution in [3.05, 3.63) is 71.4 Å². The second-order valence-corrected chi connectivity index (χ2v) is 7.92. The normalized spacial score (nSPS) is 13.0. The van der Waals surface area contributed by atoms with E-state index in [1.54, 1.807) is 0 Å². The van der Waals surface area contributed by atoms with E-state index in [0.717, 1.165) is 45.0 Å². The van der Waals surface area contributed by atoms with Crippen LogP contribution in [0.4, 0.5) is 0 Å². The zero-order valence-electron chi connectivity index (χ0n) is 18.6. The summed E-state index contributed by atoms with van der Waals surface area (Å²) in [6.07, 6.45) is 4.29. The van der Waals surface area contributed by atoms with Crippen molar-refractivity contribution in [1.82, 2.24) is 20.5 Å². The molecule has 7 heteroatoms. The van der Waals surface area contributed by atoms with Gasteiger partial charge < -0.3 is 20.5 Å². The molecule has 170 valence electrons. The van der Waals surface area contributed by atoms with E-state index in [1.165, 1.54) is 27.6 Å². The van der Waals surface area contributed by atoms with Gasteiger partial charge in [-0.2, -0.15) is 0 Å². The van der Waals surface area contributed by atoms with E-state index in [9.17, 15) is 4.79 Å². The zero-order chi connectivity index (χ0) is 21.5. The van der Waals surface area contributed by atoms with Crippen molar-refractivity contribution in [2.24, 2.45) is 4.99 Å². The number of nitrogens with zero attached hydrogens (tertiary/aromatic N) is 2. The smallest absolute Gasteiger partial charge is 0.223 e. The van der Waals surface area contributed by atoms with Gasteiger partial charge in [0.25, 0.3) is 0 Å². The number of carbonyl (C=O) groups excluding carboxylic acids is 1. The molecule has 6 nitrogen and oxygen atoms in total. The molecule has 4 rings (SSSR count). The lowest BCUT2D eigenvalue weighted by molar-refractivity contribution is -0.131. The molecule has 0 aliphatic carbocycles. The van der Waals surface area contributed by atoms with E-state index in [0.29, 0.717) is 13.0 Å². The fraction of sp³-hybridized carbons (Fsp3) is 0.360. The van der Waals surface area contributed by atoms with E-state index < -0.39 is 0 Å². The highest BCUT2D eigenvalue weighted by atomic mass is 127. The summed E-state index contributed by atoms with van der Waals surface area (Å²) < 4.78 is 0. The molecule has 32 heavy (non-hydrogen) atoms. The first-order chi connectivity index (χ1) is 15.2. The topological polar surface area (TPSA) is 72.5 Å². The minimum absolute atomic E-state index is 0. The maximum absolute atomic E-state index is 12.5. The molecule has 1 amide bonds. The number of hydrogen-bond donors (Lipinski definition) is 3. The molecule has 3 N–H and O–H groups in total. The molecule has 3 aromatic rings. The molecular formula is C25H32IN5O. The van der Waals surface area contributed by atoms with Crippen LogP contribution >= 0.6 is 24.0 Å². The van der Waals surface area contributed by atoms with E-state index in [-0.39, 0.29) is 29.9 Å². The van der Waals surface area contributed by atoms with Gasteiger partial charge in [-0.1, -0.05) is 42.5 Å². The number of aromatic amines is 1. The van der Waals surface area contributed by atoms with Crippen LogP contribution in [0, 0.1) is 0 Å². The first-order valence-corrected chi connectivity index (χ1v) is 11.2. The van der Waals surface area contributed by atoms with Gasteiger partial charge in [0, 0.05) is 56.2 Å². The number of guanidine groups is 1. The van der Waals surface area contributed by atoms with E-state index >= 15 is 0 Å². The van der Waals surface area contributed by atoms with Crippen LogP contribution in [0.3, 0.4) is 0 Å². The fourth-order valence-electron chi connectivity index (χ4n) is 4.08. The molecule has 0 saturated heterocycles. The molecule has 2 aromatic carbocycles. The van der Waals surface area contributed by atoms with E-state index in [4.69, 9.17) is 0 Å². The molecule has 1 aliphatic heterocycles. The van der Waals surface area contributed by atoms with Crippen LogP contribution in [-0.2, 0) is 24.3 Å². The molecule has 1 aromatic heterocycles. The van der Waals surface area contributed by atoms with Crippen molar-refractivity contribution < 1.29 is 4.79 Å². The Labute approximate surface area is 206 Å². The number of halogens is 1. The van der Waals surface area contributed by atoms with Crippen molar-refractivity contribution in [2.45, 2.75) is 39.3 Å². The highest BCUT2D eigenvalue weighted by Crippen LogP contribution is 2.23. The summed E-state index contributed by atoms with van der Waals surface area (Å²) in [6, 6.07) is 16.7. The summed E-state index contributed by atoms with van der Waals surface area (Å²) in [4.78, 5) is 22.5. The van der Waals surface area contributed by atoms with Crippen LogP contribution < -0.4 is 10.6 Å². The first-order valence-electron chi connectivity index (χ1n) is 11.2.